The van der Waals surface area contributed by atoms with Gasteiger partial charge in [0.1, 0.15) is 6.10 Å². The summed E-state index contributed by atoms with van der Waals surface area (Å²) in [6, 6.07) is 0. The fraction of sp³-hybridized carbons (Fsp3) is 1.00. The summed E-state index contributed by atoms with van der Waals surface area (Å²) in [4.78, 5) is 0. The Bertz CT molecular complexity index is 298. The van der Waals surface area contributed by atoms with Gasteiger partial charge in [0, 0.05) is 13.0 Å². The largest absolute Gasteiger partial charge is 0.353 e. The maximum Gasteiger partial charge on any atom is 0.264 e. The van der Waals surface area contributed by atoms with Gasteiger partial charge in [0.15, 0.2) is 6.29 Å². The molecule has 0 N–H and O–H groups in total. The van der Waals surface area contributed by atoms with Crippen molar-refractivity contribution in [2.24, 2.45) is 5.92 Å². The molecule has 0 bridgehead atoms. The lowest BCUT2D eigenvalue weighted by atomic mass is 9.99. The molecule has 0 radical (unpaired) electrons. The van der Waals surface area contributed by atoms with Crippen LogP contribution in [0.4, 0.5) is 0 Å². The van der Waals surface area contributed by atoms with Gasteiger partial charge in [0.25, 0.3) is 10.1 Å². The van der Waals surface area contributed by atoms with Crippen LogP contribution in [0.5, 0.6) is 0 Å². The van der Waals surface area contributed by atoms with Gasteiger partial charge in [-0.1, -0.05) is 13.8 Å². The van der Waals surface area contributed by atoms with Crippen molar-refractivity contribution < 1.29 is 22.1 Å². The molecule has 0 aromatic rings. The molecule has 0 spiro atoms. The van der Waals surface area contributed by atoms with Crippen LogP contribution in [0, 0.1) is 5.92 Å². The molecule has 0 aromatic heterocycles. The second-order valence-corrected chi connectivity index (χ2v) is 5.41. The van der Waals surface area contributed by atoms with Crippen molar-refractivity contribution in [3.05, 3.63) is 0 Å². The Balaban J connectivity index is 2.76. The second-order valence-electron chi connectivity index (χ2n) is 3.81. The molecule has 0 aliphatic carbocycles. The van der Waals surface area contributed by atoms with Crippen LogP contribution in [-0.2, 0) is 23.8 Å². The van der Waals surface area contributed by atoms with Gasteiger partial charge in [-0.05, 0) is 6.42 Å². The zero-order valence-corrected chi connectivity index (χ0v) is 10.3. The molecule has 0 amide bonds. The van der Waals surface area contributed by atoms with Crippen LogP contribution in [0.2, 0.25) is 0 Å². The Labute approximate surface area is 90.8 Å². The van der Waals surface area contributed by atoms with Crippen molar-refractivity contribution in [1.29, 1.82) is 0 Å². The minimum absolute atomic E-state index is 0.00896. The lowest BCUT2D eigenvalue weighted by Crippen LogP contribution is -2.32. The van der Waals surface area contributed by atoms with Crippen LogP contribution >= 0.6 is 0 Å². The minimum Gasteiger partial charge on any atom is -0.353 e. The summed E-state index contributed by atoms with van der Waals surface area (Å²) in [6.07, 6.45) is 0.687. The third-order valence-electron chi connectivity index (χ3n) is 2.60. The van der Waals surface area contributed by atoms with Crippen LogP contribution in [0.1, 0.15) is 20.3 Å². The second kappa shape index (κ2) is 4.78. The number of rotatable bonds is 4. The van der Waals surface area contributed by atoms with E-state index in [2.05, 4.69) is 0 Å². The van der Waals surface area contributed by atoms with Crippen LogP contribution in [0.25, 0.3) is 0 Å². The molecule has 1 rings (SSSR count). The van der Waals surface area contributed by atoms with E-state index in [4.69, 9.17) is 13.7 Å². The number of hydrogen-bond donors (Lipinski definition) is 0. The third kappa shape index (κ3) is 3.14. The van der Waals surface area contributed by atoms with E-state index in [9.17, 15) is 8.42 Å². The maximum atomic E-state index is 11.1. The van der Waals surface area contributed by atoms with Crippen molar-refractivity contribution >= 4 is 10.1 Å². The van der Waals surface area contributed by atoms with E-state index in [0.29, 0.717) is 0 Å². The lowest BCUT2D eigenvalue weighted by molar-refractivity contribution is -0.142. The fourth-order valence-electron chi connectivity index (χ4n) is 1.83. The van der Waals surface area contributed by atoms with Crippen LogP contribution in [0.3, 0.4) is 0 Å². The Morgan fingerprint density at radius 3 is 2.40 bits per heavy atom. The predicted octanol–water partition coefficient (Wildman–Crippen LogP) is 0.749. The van der Waals surface area contributed by atoms with E-state index < -0.39 is 22.5 Å². The predicted molar refractivity (Wildman–Crippen MR) is 54.8 cm³/mol. The molecule has 1 saturated heterocycles. The lowest BCUT2D eigenvalue weighted by Gasteiger charge is -2.18. The first-order valence-corrected chi connectivity index (χ1v) is 6.77. The zero-order chi connectivity index (χ0) is 11.6. The highest BCUT2D eigenvalue weighted by Crippen LogP contribution is 2.32. The van der Waals surface area contributed by atoms with E-state index in [1.165, 1.54) is 7.11 Å². The standard InChI is InChI=1S/C9H18O5S/c1-5-7-6(2)8(9(12-3)13-7)14-15(4,10)11/h6-9H,5H2,1-4H3/t6-,7+,8+,9+/m0/s1. The van der Waals surface area contributed by atoms with Gasteiger partial charge in [0.2, 0.25) is 0 Å². The first-order chi connectivity index (χ1) is 6.89. The third-order valence-corrected chi connectivity index (χ3v) is 3.17. The van der Waals surface area contributed by atoms with Gasteiger partial charge in [0.05, 0.1) is 12.4 Å². The van der Waals surface area contributed by atoms with Crippen LogP contribution in [0.15, 0.2) is 0 Å². The molecule has 6 heteroatoms. The molecule has 90 valence electrons. The minimum atomic E-state index is -3.48. The molecule has 0 saturated carbocycles. The molecular weight excluding hydrogens is 220 g/mol. The van der Waals surface area contributed by atoms with Crippen molar-refractivity contribution in [2.75, 3.05) is 13.4 Å². The maximum absolute atomic E-state index is 11.1. The molecule has 1 fully saturated rings. The quantitative estimate of drug-likeness (QED) is 0.676. The summed E-state index contributed by atoms with van der Waals surface area (Å²) in [5.41, 5.74) is 0. The first-order valence-electron chi connectivity index (χ1n) is 4.95. The number of ether oxygens (including phenoxy) is 2. The first kappa shape index (κ1) is 12.9. The highest BCUT2D eigenvalue weighted by Gasteiger charge is 2.43. The summed E-state index contributed by atoms with van der Waals surface area (Å²) in [5, 5.41) is 0. The highest BCUT2D eigenvalue weighted by molar-refractivity contribution is 7.86. The van der Waals surface area contributed by atoms with Crippen LogP contribution < -0.4 is 0 Å². The molecule has 1 heterocycles. The van der Waals surface area contributed by atoms with Gasteiger partial charge < -0.3 is 9.47 Å². The van der Waals surface area contributed by atoms with E-state index in [1.54, 1.807) is 0 Å². The summed E-state index contributed by atoms with van der Waals surface area (Å²) in [6.45, 7) is 3.89. The molecule has 4 atom stereocenters. The molecule has 15 heavy (non-hydrogen) atoms. The Kier molecular flexibility index (Phi) is 4.11. The zero-order valence-electron chi connectivity index (χ0n) is 9.47. The number of hydrogen-bond acceptors (Lipinski definition) is 5. The monoisotopic (exact) mass is 238 g/mol. The average Bonchev–Trinajstić information content (AvgIpc) is 2.42. The summed E-state index contributed by atoms with van der Waals surface area (Å²) in [5.74, 6) is 0.00896. The normalized spacial score (nSPS) is 37.1. The Hall–Kier alpha value is -0.170. The molecule has 1 aliphatic rings. The molecular formula is C9H18O5S. The molecule has 5 nitrogen and oxygen atoms in total. The van der Waals surface area contributed by atoms with Crippen LogP contribution in [-0.4, -0.2) is 40.3 Å². The van der Waals surface area contributed by atoms with E-state index in [-0.39, 0.29) is 12.0 Å². The SMILES string of the molecule is CC[C@H]1O[C@@H](OC)[C@H](OS(C)(=O)=O)[C@H]1C. The average molecular weight is 238 g/mol. The Morgan fingerprint density at radius 1 is 1.40 bits per heavy atom. The highest BCUT2D eigenvalue weighted by atomic mass is 32.2. The Morgan fingerprint density at radius 2 is 2.00 bits per heavy atom. The summed E-state index contributed by atoms with van der Waals surface area (Å²) in [7, 11) is -1.99. The van der Waals surface area contributed by atoms with Crippen molar-refractivity contribution in [3.8, 4) is 0 Å². The van der Waals surface area contributed by atoms with E-state index in [1.807, 2.05) is 13.8 Å². The number of methoxy groups -OCH3 is 1. The topological polar surface area (TPSA) is 61.8 Å². The van der Waals surface area contributed by atoms with Crippen molar-refractivity contribution in [3.63, 3.8) is 0 Å². The van der Waals surface area contributed by atoms with Gasteiger partial charge in [-0.15, -0.1) is 0 Å². The van der Waals surface area contributed by atoms with Crippen molar-refractivity contribution in [1.82, 2.24) is 0 Å². The van der Waals surface area contributed by atoms with Gasteiger partial charge in [-0.2, -0.15) is 8.42 Å². The van der Waals surface area contributed by atoms with Crippen molar-refractivity contribution in [2.45, 2.75) is 38.8 Å². The summed E-state index contributed by atoms with van der Waals surface area (Å²) < 4.78 is 37.7. The van der Waals surface area contributed by atoms with Gasteiger partial charge in [-0.3, -0.25) is 4.18 Å². The molecule has 1 aliphatic heterocycles. The fourth-order valence-corrected chi connectivity index (χ4v) is 2.50. The molecule has 0 unspecified atom stereocenters. The smallest absolute Gasteiger partial charge is 0.264 e. The molecule has 0 aromatic carbocycles. The van der Waals surface area contributed by atoms with E-state index in [0.717, 1.165) is 12.7 Å². The summed E-state index contributed by atoms with van der Waals surface area (Å²) >= 11 is 0. The van der Waals surface area contributed by atoms with E-state index >= 15 is 0 Å². The van der Waals surface area contributed by atoms with Gasteiger partial charge in [-0.25, -0.2) is 0 Å². The van der Waals surface area contributed by atoms with Gasteiger partial charge >= 0.3 is 0 Å².